The first-order valence-corrected chi connectivity index (χ1v) is 4.82. The van der Waals surface area contributed by atoms with E-state index in [4.69, 9.17) is 5.11 Å². The molecular formula is C10H22O2. The summed E-state index contributed by atoms with van der Waals surface area (Å²) in [5.41, 5.74) is -0.586. The van der Waals surface area contributed by atoms with Crippen LogP contribution in [0.3, 0.4) is 0 Å². The molecule has 2 atom stereocenters. The van der Waals surface area contributed by atoms with Gasteiger partial charge < -0.3 is 10.2 Å². The Bertz CT molecular complexity index is 121. The molecule has 2 nitrogen and oxygen atoms in total. The SMILES string of the molecule is CCC(O)(CCC(C)O)C(C)C. The Morgan fingerprint density at radius 2 is 1.75 bits per heavy atom. The van der Waals surface area contributed by atoms with Crippen molar-refractivity contribution >= 4 is 0 Å². The van der Waals surface area contributed by atoms with E-state index in [1.807, 2.05) is 20.8 Å². The fourth-order valence-corrected chi connectivity index (χ4v) is 1.33. The Hall–Kier alpha value is -0.0800. The van der Waals surface area contributed by atoms with Crippen molar-refractivity contribution in [2.24, 2.45) is 5.92 Å². The van der Waals surface area contributed by atoms with Crippen LogP contribution >= 0.6 is 0 Å². The lowest BCUT2D eigenvalue weighted by atomic mass is 9.83. The highest BCUT2D eigenvalue weighted by molar-refractivity contribution is 4.80. The maximum Gasteiger partial charge on any atom is 0.0668 e. The van der Waals surface area contributed by atoms with E-state index in [2.05, 4.69) is 0 Å². The maximum absolute atomic E-state index is 10.0. The number of hydrogen-bond donors (Lipinski definition) is 2. The molecule has 0 aromatic heterocycles. The molecular weight excluding hydrogens is 152 g/mol. The van der Waals surface area contributed by atoms with E-state index < -0.39 is 5.60 Å². The summed E-state index contributed by atoms with van der Waals surface area (Å²) in [5, 5.41) is 19.1. The standard InChI is InChI=1S/C10H22O2/c1-5-10(12,8(2)3)7-6-9(4)11/h8-9,11-12H,5-7H2,1-4H3. The van der Waals surface area contributed by atoms with Crippen LogP contribution in [0.4, 0.5) is 0 Å². The van der Waals surface area contributed by atoms with E-state index >= 15 is 0 Å². The number of aliphatic hydroxyl groups excluding tert-OH is 1. The Kier molecular flexibility index (Phi) is 4.80. The van der Waals surface area contributed by atoms with Crippen LogP contribution in [0.2, 0.25) is 0 Å². The smallest absolute Gasteiger partial charge is 0.0668 e. The van der Waals surface area contributed by atoms with Crippen LogP contribution < -0.4 is 0 Å². The molecule has 0 rings (SSSR count). The monoisotopic (exact) mass is 174 g/mol. The second-order valence-electron chi connectivity index (χ2n) is 4.00. The van der Waals surface area contributed by atoms with Crippen LogP contribution in [0.1, 0.15) is 47.0 Å². The summed E-state index contributed by atoms with van der Waals surface area (Å²) in [5.74, 6) is 0.265. The summed E-state index contributed by atoms with van der Waals surface area (Å²) in [6.07, 6.45) is 1.83. The van der Waals surface area contributed by atoms with Gasteiger partial charge >= 0.3 is 0 Å². The minimum absolute atomic E-state index is 0.265. The van der Waals surface area contributed by atoms with Gasteiger partial charge in [0.1, 0.15) is 0 Å². The lowest BCUT2D eigenvalue weighted by Gasteiger charge is -2.31. The molecule has 0 bridgehead atoms. The van der Waals surface area contributed by atoms with E-state index in [0.717, 1.165) is 6.42 Å². The van der Waals surface area contributed by atoms with Crippen molar-refractivity contribution in [1.29, 1.82) is 0 Å². The highest BCUT2D eigenvalue weighted by Gasteiger charge is 2.28. The van der Waals surface area contributed by atoms with Crippen molar-refractivity contribution < 1.29 is 10.2 Å². The van der Waals surface area contributed by atoms with Crippen molar-refractivity contribution in [3.8, 4) is 0 Å². The largest absolute Gasteiger partial charge is 0.393 e. The van der Waals surface area contributed by atoms with Gasteiger partial charge in [-0.25, -0.2) is 0 Å². The highest BCUT2D eigenvalue weighted by atomic mass is 16.3. The zero-order chi connectivity index (χ0) is 9.78. The van der Waals surface area contributed by atoms with Crippen LogP contribution in [0.5, 0.6) is 0 Å². The van der Waals surface area contributed by atoms with Crippen LogP contribution in [0.25, 0.3) is 0 Å². The Morgan fingerprint density at radius 1 is 1.25 bits per heavy atom. The topological polar surface area (TPSA) is 40.5 Å². The highest BCUT2D eigenvalue weighted by Crippen LogP contribution is 2.26. The molecule has 0 saturated heterocycles. The van der Waals surface area contributed by atoms with Gasteiger partial charge in [0.25, 0.3) is 0 Å². The van der Waals surface area contributed by atoms with Crippen molar-refractivity contribution in [1.82, 2.24) is 0 Å². The molecule has 0 fully saturated rings. The fourth-order valence-electron chi connectivity index (χ4n) is 1.33. The third-order valence-electron chi connectivity index (χ3n) is 2.68. The van der Waals surface area contributed by atoms with E-state index in [1.54, 1.807) is 6.92 Å². The van der Waals surface area contributed by atoms with Gasteiger partial charge in [0.2, 0.25) is 0 Å². The zero-order valence-electron chi connectivity index (χ0n) is 8.67. The van der Waals surface area contributed by atoms with Gasteiger partial charge in [0, 0.05) is 0 Å². The summed E-state index contributed by atoms with van der Waals surface area (Å²) >= 11 is 0. The van der Waals surface area contributed by atoms with Crippen molar-refractivity contribution in [3.63, 3.8) is 0 Å². The van der Waals surface area contributed by atoms with Crippen molar-refractivity contribution in [2.75, 3.05) is 0 Å². The van der Waals surface area contributed by atoms with E-state index in [0.29, 0.717) is 12.8 Å². The van der Waals surface area contributed by atoms with Gasteiger partial charge in [-0.2, -0.15) is 0 Å². The number of hydrogen-bond acceptors (Lipinski definition) is 2. The van der Waals surface area contributed by atoms with Crippen molar-refractivity contribution in [2.45, 2.75) is 58.7 Å². The molecule has 0 spiro atoms. The summed E-state index contributed by atoms with van der Waals surface area (Å²) in [6, 6.07) is 0. The zero-order valence-corrected chi connectivity index (χ0v) is 8.67. The molecule has 2 heteroatoms. The third kappa shape index (κ3) is 3.55. The average Bonchev–Trinajstić information content (AvgIpc) is 1.99. The molecule has 0 heterocycles. The van der Waals surface area contributed by atoms with E-state index in [1.165, 1.54) is 0 Å². The van der Waals surface area contributed by atoms with Crippen molar-refractivity contribution in [3.05, 3.63) is 0 Å². The first-order valence-electron chi connectivity index (χ1n) is 4.82. The normalized spacial score (nSPS) is 19.2. The van der Waals surface area contributed by atoms with Crippen LogP contribution in [0, 0.1) is 5.92 Å². The second-order valence-corrected chi connectivity index (χ2v) is 4.00. The van der Waals surface area contributed by atoms with Crippen LogP contribution in [-0.2, 0) is 0 Å². The molecule has 0 aliphatic heterocycles. The lowest BCUT2D eigenvalue weighted by Crippen LogP contribution is -2.34. The Morgan fingerprint density at radius 3 is 2.00 bits per heavy atom. The molecule has 0 aromatic rings. The molecule has 0 saturated carbocycles. The number of aliphatic hydroxyl groups is 2. The minimum Gasteiger partial charge on any atom is -0.393 e. The summed E-state index contributed by atoms with van der Waals surface area (Å²) in [7, 11) is 0. The fraction of sp³-hybridized carbons (Fsp3) is 1.00. The molecule has 2 N–H and O–H groups in total. The first-order chi connectivity index (χ1) is 5.42. The van der Waals surface area contributed by atoms with E-state index in [-0.39, 0.29) is 12.0 Å². The Labute approximate surface area is 75.6 Å². The Balaban J connectivity index is 3.97. The summed E-state index contributed by atoms with van der Waals surface area (Å²) < 4.78 is 0. The van der Waals surface area contributed by atoms with Gasteiger partial charge in [-0.15, -0.1) is 0 Å². The van der Waals surface area contributed by atoms with Crippen LogP contribution in [-0.4, -0.2) is 21.9 Å². The first kappa shape index (κ1) is 11.9. The van der Waals surface area contributed by atoms with Crippen LogP contribution in [0.15, 0.2) is 0 Å². The van der Waals surface area contributed by atoms with Gasteiger partial charge in [-0.05, 0) is 32.1 Å². The van der Waals surface area contributed by atoms with E-state index in [9.17, 15) is 5.11 Å². The summed E-state index contributed by atoms with van der Waals surface area (Å²) in [4.78, 5) is 0. The average molecular weight is 174 g/mol. The van der Waals surface area contributed by atoms with Gasteiger partial charge in [0.05, 0.1) is 11.7 Å². The van der Waals surface area contributed by atoms with Gasteiger partial charge in [-0.3, -0.25) is 0 Å². The molecule has 12 heavy (non-hydrogen) atoms. The molecule has 0 amide bonds. The number of rotatable bonds is 5. The minimum atomic E-state index is -0.586. The molecule has 0 aliphatic rings. The molecule has 0 aromatic carbocycles. The maximum atomic E-state index is 10.0. The molecule has 2 unspecified atom stereocenters. The summed E-state index contributed by atoms with van der Waals surface area (Å²) in [6.45, 7) is 7.79. The molecule has 0 aliphatic carbocycles. The van der Waals surface area contributed by atoms with Gasteiger partial charge in [-0.1, -0.05) is 20.8 Å². The quantitative estimate of drug-likeness (QED) is 0.668. The molecule has 0 radical (unpaired) electrons. The predicted octanol–water partition coefficient (Wildman–Crippen LogP) is 1.94. The second kappa shape index (κ2) is 4.83. The van der Waals surface area contributed by atoms with Gasteiger partial charge in [0.15, 0.2) is 0 Å². The molecule has 74 valence electrons. The lowest BCUT2D eigenvalue weighted by molar-refractivity contribution is -0.0262. The predicted molar refractivity (Wildman–Crippen MR) is 51.0 cm³/mol. The third-order valence-corrected chi connectivity index (χ3v) is 2.68.